The first-order valence-corrected chi connectivity index (χ1v) is 6.14. The number of hydrogen-bond donors (Lipinski definition) is 0. The molecule has 0 radical (unpaired) electrons. The molecule has 3 rings (SSSR count). The van der Waals surface area contributed by atoms with Crippen molar-refractivity contribution in [2.75, 3.05) is 4.90 Å². The van der Waals surface area contributed by atoms with E-state index in [0.29, 0.717) is 6.04 Å². The Bertz CT molecular complexity index is 625. The van der Waals surface area contributed by atoms with Gasteiger partial charge < -0.3 is 4.90 Å². The van der Waals surface area contributed by atoms with Crippen LogP contribution in [0.5, 0.6) is 0 Å². The molecule has 1 aromatic heterocycles. The summed E-state index contributed by atoms with van der Waals surface area (Å²) in [6, 6.07) is 11.7. The minimum Gasteiger partial charge on any atom is -0.323 e. The summed E-state index contributed by atoms with van der Waals surface area (Å²) in [5.74, 6) is 0.753. The van der Waals surface area contributed by atoms with Gasteiger partial charge >= 0.3 is 0 Å². The van der Waals surface area contributed by atoms with E-state index >= 15 is 0 Å². The van der Waals surface area contributed by atoms with Crippen molar-refractivity contribution in [3.05, 3.63) is 58.3 Å². The van der Waals surface area contributed by atoms with Crippen LogP contribution < -0.4 is 4.90 Å². The Morgan fingerprint density at radius 2 is 2.11 bits per heavy atom. The first kappa shape index (κ1) is 11.6. The molecule has 1 atom stereocenters. The molecule has 1 aliphatic rings. The molecule has 0 N–H and O–H groups in total. The molecule has 0 fully saturated rings. The molecule has 0 amide bonds. The van der Waals surface area contributed by atoms with E-state index in [-0.39, 0.29) is 5.69 Å². The van der Waals surface area contributed by atoms with Crippen LogP contribution in [0.2, 0.25) is 0 Å². The van der Waals surface area contributed by atoms with E-state index < -0.39 is 4.92 Å². The highest BCUT2D eigenvalue weighted by Crippen LogP contribution is 2.37. The zero-order chi connectivity index (χ0) is 13.4. The molecule has 5 nitrogen and oxygen atoms in total. The van der Waals surface area contributed by atoms with Crippen LogP contribution in [0.3, 0.4) is 0 Å². The van der Waals surface area contributed by atoms with Gasteiger partial charge in [-0.2, -0.15) is 0 Å². The summed E-state index contributed by atoms with van der Waals surface area (Å²) >= 11 is 0. The van der Waals surface area contributed by atoms with Crippen molar-refractivity contribution in [2.45, 2.75) is 19.4 Å². The van der Waals surface area contributed by atoms with Crippen molar-refractivity contribution in [3.63, 3.8) is 0 Å². The van der Waals surface area contributed by atoms with Crippen LogP contribution >= 0.6 is 0 Å². The van der Waals surface area contributed by atoms with E-state index in [2.05, 4.69) is 28.9 Å². The minimum absolute atomic E-state index is 0.0175. The van der Waals surface area contributed by atoms with Crippen LogP contribution in [0.25, 0.3) is 0 Å². The highest BCUT2D eigenvalue weighted by molar-refractivity contribution is 5.69. The van der Waals surface area contributed by atoms with Crippen molar-refractivity contribution in [1.29, 1.82) is 0 Å². The summed E-state index contributed by atoms with van der Waals surface area (Å²) in [4.78, 5) is 16.6. The van der Waals surface area contributed by atoms with Gasteiger partial charge in [-0.15, -0.1) is 0 Å². The number of benzene rings is 1. The molecule has 0 aliphatic carbocycles. The Hall–Kier alpha value is -2.43. The fraction of sp³-hybridized carbons (Fsp3) is 0.214. The topological polar surface area (TPSA) is 59.3 Å². The minimum atomic E-state index is -0.432. The molecule has 0 spiro atoms. The van der Waals surface area contributed by atoms with Gasteiger partial charge in [0.05, 0.1) is 4.92 Å². The van der Waals surface area contributed by atoms with Gasteiger partial charge in [-0.3, -0.25) is 10.1 Å². The summed E-state index contributed by atoms with van der Waals surface area (Å²) in [6.45, 7) is 2.13. The Kier molecular flexibility index (Phi) is 2.67. The maximum atomic E-state index is 10.6. The molecular formula is C14H13N3O2. The van der Waals surface area contributed by atoms with E-state index in [9.17, 15) is 10.1 Å². The van der Waals surface area contributed by atoms with E-state index in [1.807, 2.05) is 12.1 Å². The van der Waals surface area contributed by atoms with Gasteiger partial charge in [0.15, 0.2) is 0 Å². The molecule has 5 heteroatoms. The fourth-order valence-corrected chi connectivity index (χ4v) is 2.54. The summed E-state index contributed by atoms with van der Waals surface area (Å²) in [7, 11) is 0. The number of fused-ring (bicyclic) bond motifs is 1. The van der Waals surface area contributed by atoms with Gasteiger partial charge in [0, 0.05) is 17.8 Å². The average Bonchev–Trinajstić information content (AvgIpc) is 2.74. The molecule has 0 unspecified atom stereocenters. The summed E-state index contributed by atoms with van der Waals surface area (Å²) in [5.41, 5.74) is 2.44. The predicted octanol–water partition coefficient (Wildman–Crippen LogP) is 3.07. The highest BCUT2D eigenvalue weighted by atomic mass is 16.6. The van der Waals surface area contributed by atoms with Crippen LogP contribution in [0.4, 0.5) is 17.2 Å². The lowest BCUT2D eigenvalue weighted by atomic mass is 10.1. The standard InChI is InChI=1S/C14H13N3O2/c1-10-8-11-4-2-3-5-13(11)16(10)14-7-6-12(9-15-14)17(18)19/h2-7,9-10H,8H2,1H3/t10-/m1/s1. The second-order valence-electron chi connectivity index (χ2n) is 4.68. The van der Waals surface area contributed by atoms with E-state index in [1.165, 1.54) is 17.8 Å². The normalized spacial score (nSPS) is 17.3. The molecule has 1 aromatic carbocycles. The number of hydrogen-bond acceptors (Lipinski definition) is 4. The van der Waals surface area contributed by atoms with Crippen molar-refractivity contribution < 1.29 is 4.92 Å². The SMILES string of the molecule is C[C@@H]1Cc2ccccc2N1c1ccc([N+](=O)[O-])cn1. The van der Waals surface area contributed by atoms with Crippen LogP contribution in [0.1, 0.15) is 12.5 Å². The van der Waals surface area contributed by atoms with E-state index in [1.54, 1.807) is 6.07 Å². The zero-order valence-corrected chi connectivity index (χ0v) is 10.5. The Labute approximate surface area is 110 Å². The van der Waals surface area contributed by atoms with Gasteiger partial charge in [0.1, 0.15) is 12.0 Å². The molecule has 2 aromatic rings. The summed E-state index contributed by atoms with van der Waals surface area (Å²) in [6.07, 6.45) is 2.28. The van der Waals surface area contributed by atoms with Crippen LogP contribution in [0.15, 0.2) is 42.6 Å². The van der Waals surface area contributed by atoms with Crippen LogP contribution in [0, 0.1) is 10.1 Å². The highest BCUT2D eigenvalue weighted by Gasteiger charge is 2.27. The third-order valence-corrected chi connectivity index (χ3v) is 3.40. The summed E-state index contributed by atoms with van der Waals surface area (Å²) in [5, 5.41) is 10.6. The van der Waals surface area contributed by atoms with E-state index in [0.717, 1.165) is 17.9 Å². The number of pyridine rings is 1. The molecular weight excluding hydrogens is 242 g/mol. The number of rotatable bonds is 2. The molecule has 0 bridgehead atoms. The quantitative estimate of drug-likeness (QED) is 0.611. The Morgan fingerprint density at radius 1 is 1.32 bits per heavy atom. The van der Waals surface area contributed by atoms with Crippen molar-refractivity contribution in [3.8, 4) is 0 Å². The van der Waals surface area contributed by atoms with Gasteiger partial charge in [0.2, 0.25) is 0 Å². The molecule has 0 saturated heterocycles. The number of para-hydroxylation sites is 1. The number of anilines is 2. The van der Waals surface area contributed by atoms with Crippen molar-refractivity contribution in [1.82, 2.24) is 4.98 Å². The second-order valence-corrected chi connectivity index (χ2v) is 4.68. The van der Waals surface area contributed by atoms with Crippen molar-refractivity contribution in [2.24, 2.45) is 0 Å². The number of aromatic nitrogens is 1. The van der Waals surface area contributed by atoms with Crippen molar-refractivity contribution >= 4 is 17.2 Å². The lowest BCUT2D eigenvalue weighted by Crippen LogP contribution is -2.24. The molecule has 96 valence electrons. The molecule has 1 aliphatic heterocycles. The third-order valence-electron chi connectivity index (χ3n) is 3.40. The fourth-order valence-electron chi connectivity index (χ4n) is 2.54. The summed E-state index contributed by atoms with van der Waals surface area (Å²) < 4.78 is 0. The molecule has 2 heterocycles. The number of nitro groups is 1. The van der Waals surface area contributed by atoms with Crippen LogP contribution in [-0.4, -0.2) is 15.9 Å². The first-order valence-electron chi connectivity index (χ1n) is 6.14. The maximum absolute atomic E-state index is 10.6. The third kappa shape index (κ3) is 1.93. The zero-order valence-electron chi connectivity index (χ0n) is 10.5. The van der Waals surface area contributed by atoms with Gasteiger partial charge in [-0.25, -0.2) is 4.98 Å². The molecule has 0 saturated carbocycles. The molecule has 19 heavy (non-hydrogen) atoms. The lowest BCUT2D eigenvalue weighted by molar-refractivity contribution is -0.385. The maximum Gasteiger partial charge on any atom is 0.287 e. The van der Waals surface area contributed by atoms with Gasteiger partial charge in [-0.1, -0.05) is 18.2 Å². The second kappa shape index (κ2) is 4.35. The van der Waals surface area contributed by atoms with Gasteiger partial charge in [0.25, 0.3) is 5.69 Å². The Balaban J connectivity index is 2.00. The smallest absolute Gasteiger partial charge is 0.287 e. The largest absolute Gasteiger partial charge is 0.323 e. The Morgan fingerprint density at radius 3 is 2.79 bits per heavy atom. The average molecular weight is 255 g/mol. The first-order chi connectivity index (χ1) is 9.16. The monoisotopic (exact) mass is 255 g/mol. The lowest BCUT2D eigenvalue weighted by Gasteiger charge is -2.23. The number of nitrogens with zero attached hydrogens (tertiary/aromatic N) is 3. The predicted molar refractivity (Wildman–Crippen MR) is 72.6 cm³/mol. The van der Waals surface area contributed by atoms with E-state index in [4.69, 9.17) is 0 Å². The van der Waals surface area contributed by atoms with Gasteiger partial charge in [-0.05, 0) is 31.0 Å². The van der Waals surface area contributed by atoms with Crippen LogP contribution in [-0.2, 0) is 6.42 Å².